The molecule has 0 saturated heterocycles. The Kier molecular flexibility index (Phi) is 10.9. The average Bonchev–Trinajstić information content (AvgIpc) is 2.90. The van der Waals surface area contributed by atoms with Crippen molar-refractivity contribution in [1.82, 2.24) is 5.32 Å². The maximum Gasteiger partial charge on any atom is 0.338 e. The van der Waals surface area contributed by atoms with Crippen LogP contribution in [0.4, 0.5) is 0 Å². The summed E-state index contributed by atoms with van der Waals surface area (Å²) in [5, 5.41) is 3.23. The van der Waals surface area contributed by atoms with Gasteiger partial charge in [0.2, 0.25) is 0 Å². The van der Waals surface area contributed by atoms with Gasteiger partial charge in [0.25, 0.3) is 5.91 Å². The Bertz CT molecular complexity index is 938. The van der Waals surface area contributed by atoms with Gasteiger partial charge in [-0.05, 0) is 68.0 Å². The second kappa shape index (κ2) is 14.4. The molecule has 1 N–H and O–H groups in total. The van der Waals surface area contributed by atoms with E-state index >= 15 is 0 Å². The number of nitrogens with one attached hydrogen (secondary N) is 1. The fourth-order valence-electron chi connectivity index (χ4n) is 4.46. The summed E-state index contributed by atoms with van der Waals surface area (Å²) >= 11 is 0. The molecule has 1 aliphatic carbocycles. The molecule has 0 aromatic heterocycles. The summed E-state index contributed by atoms with van der Waals surface area (Å²) in [5.74, 6) is 1.26. The highest BCUT2D eigenvalue weighted by Crippen LogP contribution is 2.28. The fourth-order valence-corrected chi connectivity index (χ4v) is 4.46. The molecule has 0 bridgehead atoms. The summed E-state index contributed by atoms with van der Waals surface area (Å²) in [6, 6.07) is 14.3. The van der Waals surface area contributed by atoms with Crippen LogP contribution >= 0.6 is 0 Å². The summed E-state index contributed by atoms with van der Waals surface area (Å²) in [7, 11) is 0. The summed E-state index contributed by atoms with van der Waals surface area (Å²) in [4.78, 5) is 25.7. The van der Waals surface area contributed by atoms with Gasteiger partial charge in [0.1, 0.15) is 11.5 Å². The molecule has 35 heavy (non-hydrogen) atoms. The minimum atomic E-state index is -0.374. The number of carbonyl (C=O) groups excluding carboxylic acids is 2. The minimum Gasteiger partial charge on any atom is -0.494 e. The number of esters is 1. The summed E-state index contributed by atoms with van der Waals surface area (Å²) < 4.78 is 16.9. The predicted octanol–water partition coefficient (Wildman–Crippen LogP) is 6.19. The van der Waals surface area contributed by atoms with Crippen LogP contribution in [0.1, 0.15) is 85.9 Å². The van der Waals surface area contributed by atoms with Gasteiger partial charge in [-0.25, -0.2) is 4.79 Å². The molecule has 1 atom stereocenters. The second-order valence-electron chi connectivity index (χ2n) is 9.16. The zero-order chi connectivity index (χ0) is 24.9. The predicted molar refractivity (Wildman–Crippen MR) is 137 cm³/mol. The van der Waals surface area contributed by atoms with Gasteiger partial charge in [0.15, 0.2) is 0 Å². The third-order valence-corrected chi connectivity index (χ3v) is 6.31. The van der Waals surface area contributed by atoms with Crippen LogP contribution in [-0.4, -0.2) is 37.7 Å². The van der Waals surface area contributed by atoms with Gasteiger partial charge >= 0.3 is 5.97 Å². The van der Waals surface area contributed by atoms with E-state index in [4.69, 9.17) is 14.2 Å². The molecule has 0 spiro atoms. The average molecular weight is 482 g/mol. The molecule has 1 fully saturated rings. The van der Waals surface area contributed by atoms with Gasteiger partial charge < -0.3 is 19.5 Å². The quantitative estimate of drug-likeness (QED) is 0.345. The van der Waals surface area contributed by atoms with Crippen molar-refractivity contribution in [3.63, 3.8) is 0 Å². The van der Waals surface area contributed by atoms with Crippen molar-refractivity contribution in [2.75, 3.05) is 19.8 Å². The first-order valence-electron chi connectivity index (χ1n) is 13.0. The summed E-state index contributed by atoms with van der Waals surface area (Å²) in [5.41, 5.74) is 1.06. The van der Waals surface area contributed by atoms with E-state index in [0.29, 0.717) is 48.2 Å². The van der Waals surface area contributed by atoms with Crippen LogP contribution < -0.4 is 14.8 Å². The first-order valence-corrected chi connectivity index (χ1v) is 13.0. The first kappa shape index (κ1) is 26.6. The molecule has 1 unspecified atom stereocenters. The fraction of sp³-hybridized carbons (Fsp3) is 0.517. The molecule has 0 radical (unpaired) electrons. The number of benzene rings is 2. The molecular formula is C29H39NO5. The summed E-state index contributed by atoms with van der Waals surface area (Å²) in [6.07, 6.45) is 8.13. The second-order valence-corrected chi connectivity index (χ2v) is 9.16. The maximum atomic E-state index is 13.1. The van der Waals surface area contributed by atoms with Crippen molar-refractivity contribution in [3.05, 3.63) is 59.7 Å². The van der Waals surface area contributed by atoms with Crippen molar-refractivity contribution in [2.45, 2.75) is 71.3 Å². The third kappa shape index (κ3) is 8.61. The zero-order valence-corrected chi connectivity index (χ0v) is 21.1. The monoisotopic (exact) mass is 481 g/mol. The van der Waals surface area contributed by atoms with E-state index in [-0.39, 0.29) is 24.5 Å². The molecular weight excluding hydrogens is 442 g/mol. The van der Waals surface area contributed by atoms with Gasteiger partial charge in [0, 0.05) is 18.0 Å². The Morgan fingerprint density at radius 3 is 2.09 bits per heavy atom. The van der Waals surface area contributed by atoms with Crippen molar-refractivity contribution in [1.29, 1.82) is 0 Å². The Balaban J connectivity index is 1.59. The Labute approximate surface area is 209 Å². The van der Waals surface area contributed by atoms with Crippen molar-refractivity contribution >= 4 is 11.9 Å². The van der Waals surface area contributed by atoms with Crippen LogP contribution in [0.15, 0.2) is 48.5 Å². The van der Waals surface area contributed by atoms with E-state index in [1.165, 1.54) is 19.3 Å². The number of hydrogen-bond acceptors (Lipinski definition) is 5. The van der Waals surface area contributed by atoms with Crippen molar-refractivity contribution < 1.29 is 23.8 Å². The van der Waals surface area contributed by atoms with E-state index in [9.17, 15) is 9.59 Å². The van der Waals surface area contributed by atoms with E-state index in [1.807, 2.05) is 25.1 Å². The van der Waals surface area contributed by atoms with E-state index in [0.717, 1.165) is 25.7 Å². The first-order chi connectivity index (χ1) is 17.1. The zero-order valence-electron chi connectivity index (χ0n) is 21.1. The molecule has 2 aromatic carbocycles. The molecule has 6 heteroatoms. The summed E-state index contributed by atoms with van der Waals surface area (Å²) in [6.45, 7) is 5.56. The van der Waals surface area contributed by atoms with E-state index in [1.54, 1.807) is 30.3 Å². The van der Waals surface area contributed by atoms with Gasteiger partial charge in [-0.3, -0.25) is 4.79 Å². The molecule has 1 saturated carbocycles. The third-order valence-electron chi connectivity index (χ3n) is 6.31. The lowest BCUT2D eigenvalue weighted by molar-refractivity contribution is 0.0474. The standard InChI is InChI=1S/C29H39NO5/c1-3-17-33-25-14-8-12-23(20-25)28(31)30-27(22-10-6-5-7-11-22)16-19-35-29(32)24-13-9-15-26(21-24)34-18-4-2/h8-9,12-15,20-22,27H,3-7,10-11,16-19H2,1-2H3,(H,30,31). The Morgan fingerprint density at radius 2 is 1.46 bits per heavy atom. The topological polar surface area (TPSA) is 73.9 Å². The molecule has 1 amide bonds. The number of hydrogen-bond donors (Lipinski definition) is 1. The van der Waals surface area contributed by atoms with Crippen LogP contribution in [-0.2, 0) is 4.74 Å². The van der Waals surface area contributed by atoms with Gasteiger partial charge in [-0.2, -0.15) is 0 Å². The van der Waals surface area contributed by atoms with Gasteiger partial charge in [-0.1, -0.05) is 45.2 Å². The highest BCUT2D eigenvalue weighted by molar-refractivity contribution is 5.94. The van der Waals surface area contributed by atoms with Gasteiger partial charge in [-0.15, -0.1) is 0 Å². The molecule has 0 aliphatic heterocycles. The molecule has 3 rings (SSSR count). The molecule has 1 aliphatic rings. The lowest BCUT2D eigenvalue weighted by atomic mass is 9.82. The normalized spacial score (nSPS) is 14.7. The minimum absolute atomic E-state index is 0.0463. The number of amides is 1. The highest BCUT2D eigenvalue weighted by atomic mass is 16.5. The molecule has 2 aromatic rings. The van der Waals surface area contributed by atoms with Crippen molar-refractivity contribution in [2.24, 2.45) is 5.92 Å². The van der Waals surface area contributed by atoms with E-state index in [2.05, 4.69) is 12.2 Å². The Morgan fingerprint density at radius 1 is 0.857 bits per heavy atom. The van der Waals surface area contributed by atoms with Crippen LogP contribution in [0.5, 0.6) is 11.5 Å². The maximum absolute atomic E-state index is 13.1. The van der Waals surface area contributed by atoms with E-state index < -0.39 is 0 Å². The van der Waals surface area contributed by atoms with Crippen LogP contribution in [0.3, 0.4) is 0 Å². The lowest BCUT2D eigenvalue weighted by Crippen LogP contribution is -2.42. The van der Waals surface area contributed by atoms with Gasteiger partial charge in [0.05, 0.1) is 25.4 Å². The Hall–Kier alpha value is -3.02. The highest BCUT2D eigenvalue weighted by Gasteiger charge is 2.26. The van der Waals surface area contributed by atoms with Crippen LogP contribution in [0.2, 0.25) is 0 Å². The lowest BCUT2D eigenvalue weighted by Gasteiger charge is -2.31. The SMILES string of the molecule is CCCOc1cccc(C(=O)NC(CCOC(=O)c2cccc(OCCC)c2)C2CCCCC2)c1. The molecule has 0 heterocycles. The number of carbonyl (C=O) groups is 2. The number of ether oxygens (including phenoxy) is 3. The van der Waals surface area contributed by atoms with Crippen molar-refractivity contribution in [3.8, 4) is 11.5 Å². The number of rotatable bonds is 13. The van der Waals surface area contributed by atoms with Crippen LogP contribution in [0.25, 0.3) is 0 Å². The van der Waals surface area contributed by atoms with Crippen LogP contribution in [0, 0.1) is 5.92 Å². The smallest absolute Gasteiger partial charge is 0.338 e. The molecule has 6 nitrogen and oxygen atoms in total. The molecule has 190 valence electrons. The largest absolute Gasteiger partial charge is 0.494 e.